The predicted molar refractivity (Wildman–Crippen MR) is 144 cm³/mol. The first kappa shape index (κ1) is 25.3. The Bertz CT molecular complexity index is 1390. The van der Waals surface area contributed by atoms with Crippen molar-refractivity contribution in [3.05, 3.63) is 123 Å². The highest BCUT2D eigenvalue weighted by Crippen LogP contribution is 2.32. The molecule has 0 aliphatic heterocycles. The number of furan rings is 1. The van der Waals surface area contributed by atoms with Crippen LogP contribution in [0, 0.1) is 6.92 Å². The molecule has 0 saturated heterocycles. The van der Waals surface area contributed by atoms with Gasteiger partial charge in [-0.05, 0) is 61.4 Å². The first-order valence-corrected chi connectivity index (χ1v) is 12.1. The molecular formula is C29H24Cl2N2O3. The molecule has 5 nitrogen and oxygen atoms in total. The van der Waals surface area contributed by atoms with Crippen LogP contribution in [-0.2, 0) is 11.2 Å². The largest absolute Gasteiger partial charge is 0.457 e. The van der Waals surface area contributed by atoms with Crippen LogP contribution in [0.1, 0.15) is 27.2 Å². The van der Waals surface area contributed by atoms with E-state index in [1.165, 1.54) is 6.08 Å². The fourth-order valence-electron chi connectivity index (χ4n) is 3.52. The van der Waals surface area contributed by atoms with Gasteiger partial charge < -0.3 is 15.1 Å². The highest BCUT2D eigenvalue weighted by molar-refractivity contribution is 6.35. The maximum Gasteiger partial charge on any atom is 0.267 e. The van der Waals surface area contributed by atoms with Crippen molar-refractivity contribution >= 4 is 41.1 Å². The zero-order chi connectivity index (χ0) is 25.5. The molecule has 4 rings (SSSR count). The molecular weight excluding hydrogens is 495 g/mol. The number of benzene rings is 3. The molecule has 2 N–H and O–H groups in total. The first-order valence-electron chi connectivity index (χ1n) is 11.4. The van der Waals surface area contributed by atoms with Crippen LogP contribution in [0.4, 0.5) is 0 Å². The van der Waals surface area contributed by atoms with Crippen molar-refractivity contribution in [3.63, 3.8) is 0 Å². The van der Waals surface area contributed by atoms with Gasteiger partial charge in [0, 0.05) is 28.8 Å². The van der Waals surface area contributed by atoms with Gasteiger partial charge in [0.2, 0.25) is 0 Å². The van der Waals surface area contributed by atoms with Gasteiger partial charge in [0.15, 0.2) is 0 Å². The molecule has 2 amide bonds. The Morgan fingerprint density at radius 2 is 1.67 bits per heavy atom. The number of hydrogen-bond acceptors (Lipinski definition) is 3. The van der Waals surface area contributed by atoms with E-state index in [4.69, 9.17) is 27.6 Å². The zero-order valence-corrected chi connectivity index (χ0v) is 21.1. The Morgan fingerprint density at radius 3 is 2.42 bits per heavy atom. The number of carbonyl (C=O) groups excluding carboxylic acids is 2. The maximum absolute atomic E-state index is 13.1. The molecule has 1 aromatic heterocycles. The zero-order valence-electron chi connectivity index (χ0n) is 19.6. The van der Waals surface area contributed by atoms with E-state index in [9.17, 15) is 9.59 Å². The molecule has 0 bridgehead atoms. The normalized spacial score (nSPS) is 11.2. The number of amides is 2. The molecule has 0 fully saturated rings. The summed E-state index contributed by atoms with van der Waals surface area (Å²) < 4.78 is 5.91. The molecule has 182 valence electrons. The molecule has 1 heterocycles. The minimum absolute atomic E-state index is 0.0618. The molecule has 7 heteroatoms. The van der Waals surface area contributed by atoms with E-state index < -0.39 is 11.8 Å². The summed E-state index contributed by atoms with van der Waals surface area (Å²) in [6.45, 7) is 2.34. The van der Waals surface area contributed by atoms with E-state index in [1.807, 2.05) is 49.4 Å². The third-order valence-corrected chi connectivity index (χ3v) is 6.02. The van der Waals surface area contributed by atoms with E-state index in [0.717, 1.165) is 11.1 Å². The van der Waals surface area contributed by atoms with E-state index in [1.54, 1.807) is 42.5 Å². The Hall–Kier alpha value is -3.80. The highest BCUT2D eigenvalue weighted by Gasteiger charge is 2.16. The summed E-state index contributed by atoms with van der Waals surface area (Å²) in [4.78, 5) is 25.9. The van der Waals surface area contributed by atoms with Gasteiger partial charge in [0.05, 0.1) is 5.02 Å². The Balaban J connectivity index is 1.56. The Labute approximate surface area is 219 Å². The predicted octanol–water partition coefficient (Wildman–Crippen LogP) is 6.69. The summed E-state index contributed by atoms with van der Waals surface area (Å²) in [5.41, 5.74) is 3.26. The Kier molecular flexibility index (Phi) is 8.26. The molecule has 0 spiro atoms. The summed E-state index contributed by atoms with van der Waals surface area (Å²) in [7, 11) is 0. The first-order chi connectivity index (χ1) is 17.4. The van der Waals surface area contributed by atoms with Gasteiger partial charge in [-0.15, -0.1) is 0 Å². The van der Waals surface area contributed by atoms with Gasteiger partial charge in [-0.25, -0.2) is 0 Å². The van der Waals surface area contributed by atoms with Crippen LogP contribution in [-0.4, -0.2) is 18.4 Å². The van der Waals surface area contributed by atoms with Crippen LogP contribution in [0.25, 0.3) is 17.4 Å². The molecule has 0 aliphatic rings. The molecule has 0 radical (unpaired) electrons. The molecule has 4 aromatic rings. The topological polar surface area (TPSA) is 71.3 Å². The summed E-state index contributed by atoms with van der Waals surface area (Å²) in [6, 6.07) is 25.4. The van der Waals surface area contributed by atoms with E-state index >= 15 is 0 Å². The third-order valence-electron chi connectivity index (χ3n) is 5.46. The summed E-state index contributed by atoms with van der Waals surface area (Å²) >= 11 is 12.4. The SMILES string of the molecule is Cc1ccc(C(=O)NC(=Cc2ccc(-c3cc(Cl)ccc3Cl)o2)C(=O)NCCc2ccccc2)cc1. The van der Waals surface area contributed by atoms with Crippen LogP contribution in [0.15, 0.2) is 95.0 Å². The number of carbonyl (C=O) groups is 2. The lowest BCUT2D eigenvalue weighted by molar-refractivity contribution is -0.117. The van der Waals surface area contributed by atoms with Gasteiger partial charge >= 0.3 is 0 Å². The highest BCUT2D eigenvalue weighted by atomic mass is 35.5. The van der Waals surface area contributed by atoms with Gasteiger partial charge in [0.25, 0.3) is 11.8 Å². The second-order valence-electron chi connectivity index (χ2n) is 8.20. The second kappa shape index (κ2) is 11.8. The smallest absolute Gasteiger partial charge is 0.267 e. The quantitative estimate of drug-likeness (QED) is 0.255. The van der Waals surface area contributed by atoms with Crippen molar-refractivity contribution in [2.45, 2.75) is 13.3 Å². The van der Waals surface area contributed by atoms with Crippen molar-refractivity contribution in [2.24, 2.45) is 0 Å². The summed E-state index contributed by atoms with van der Waals surface area (Å²) in [6.07, 6.45) is 2.15. The molecule has 0 atom stereocenters. The minimum atomic E-state index is -0.426. The van der Waals surface area contributed by atoms with Crippen molar-refractivity contribution < 1.29 is 14.0 Å². The molecule has 0 unspecified atom stereocenters. The van der Waals surface area contributed by atoms with Crippen LogP contribution in [0.5, 0.6) is 0 Å². The average molecular weight is 519 g/mol. The van der Waals surface area contributed by atoms with Gasteiger partial charge in [-0.1, -0.05) is 71.2 Å². The standard InChI is InChI=1S/C29H24Cl2N2O3/c1-19-7-9-21(10-8-19)28(34)33-26(29(35)32-16-15-20-5-3-2-4-6-20)18-23-12-14-27(36-23)24-17-22(30)11-13-25(24)31/h2-14,17-18H,15-16H2,1H3,(H,32,35)(H,33,34). The van der Waals surface area contributed by atoms with E-state index in [2.05, 4.69) is 10.6 Å². The van der Waals surface area contributed by atoms with Crippen molar-refractivity contribution in [1.82, 2.24) is 10.6 Å². The molecule has 0 saturated carbocycles. The minimum Gasteiger partial charge on any atom is -0.457 e. The Morgan fingerprint density at radius 1 is 0.917 bits per heavy atom. The average Bonchev–Trinajstić information content (AvgIpc) is 3.34. The number of nitrogens with one attached hydrogen (secondary N) is 2. The van der Waals surface area contributed by atoms with Gasteiger partial charge in [-0.2, -0.15) is 0 Å². The van der Waals surface area contributed by atoms with Crippen LogP contribution in [0.3, 0.4) is 0 Å². The summed E-state index contributed by atoms with van der Waals surface area (Å²) in [5.74, 6) is 0.0372. The third kappa shape index (κ3) is 6.66. The van der Waals surface area contributed by atoms with Gasteiger partial charge in [-0.3, -0.25) is 9.59 Å². The fraction of sp³-hybridized carbons (Fsp3) is 0.103. The number of rotatable bonds is 8. The molecule has 0 aliphatic carbocycles. The number of halogens is 2. The van der Waals surface area contributed by atoms with Crippen LogP contribution in [0.2, 0.25) is 10.0 Å². The monoisotopic (exact) mass is 518 g/mol. The van der Waals surface area contributed by atoms with Crippen molar-refractivity contribution in [2.75, 3.05) is 6.54 Å². The van der Waals surface area contributed by atoms with Crippen LogP contribution >= 0.6 is 23.2 Å². The lowest BCUT2D eigenvalue weighted by atomic mass is 10.1. The lowest BCUT2D eigenvalue weighted by Gasteiger charge is -2.11. The number of aryl methyl sites for hydroxylation is 1. The lowest BCUT2D eigenvalue weighted by Crippen LogP contribution is -2.35. The van der Waals surface area contributed by atoms with Crippen LogP contribution < -0.4 is 10.6 Å². The second-order valence-corrected chi connectivity index (χ2v) is 9.04. The number of hydrogen-bond donors (Lipinski definition) is 2. The van der Waals surface area contributed by atoms with Gasteiger partial charge in [0.1, 0.15) is 17.2 Å². The van der Waals surface area contributed by atoms with E-state index in [0.29, 0.717) is 45.7 Å². The van der Waals surface area contributed by atoms with Crippen molar-refractivity contribution in [1.29, 1.82) is 0 Å². The van der Waals surface area contributed by atoms with Crippen molar-refractivity contribution in [3.8, 4) is 11.3 Å². The molecule has 3 aromatic carbocycles. The fourth-order valence-corrected chi connectivity index (χ4v) is 3.90. The van der Waals surface area contributed by atoms with E-state index in [-0.39, 0.29) is 5.70 Å². The summed E-state index contributed by atoms with van der Waals surface area (Å²) in [5, 5.41) is 6.59. The maximum atomic E-state index is 13.1. The molecule has 36 heavy (non-hydrogen) atoms.